The number of anilines is 1. The fraction of sp³-hybridized carbons (Fsp3) is 0.158. The van der Waals surface area contributed by atoms with Crippen molar-refractivity contribution < 1.29 is 14.5 Å². The molecule has 3 aromatic rings. The summed E-state index contributed by atoms with van der Waals surface area (Å²) in [6.07, 6.45) is 1.98. The summed E-state index contributed by atoms with van der Waals surface area (Å²) in [6.45, 7) is 2.67. The molecule has 0 atom stereocenters. The highest BCUT2D eigenvalue weighted by molar-refractivity contribution is 6.00. The standard InChI is InChI=1S/C19H18N4O4/c1-2-22-9-8-13-10-15(6-7-17(13)22)21-18(24)12-20-19(25)14-4-3-5-16(11-14)23(26)27/h3-11H,2,12H2,1H3,(H,20,25)(H,21,24). The molecule has 1 heterocycles. The Labute approximate surface area is 154 Å². The summed E-state index contributed by atoms with van der Waals surface area (Å²) in [5.74, 6) is -0.938. The summed E-state index contributed by atoms with van der Waals surface area (Å²) >= 11 is 0. The number of carbonyl (C=O) groups is 2. The molecule has 3 rings (SSSR count). The highest BCUT2D eigenvalue weighted by atomic mass is 16.6. The van der Waals surface area contributed by atoms with Gasteiger partial charge >= 0.3 is 0 Å². The third-order valence-electron chi connectivity index (χ3n) is 4.12. The number of nitrogens with zero attached hydrogens (tertiary/aromatic N) is 2. The number of aromatic nitrogens is 1. The van der Waals surface area contributed by atoms with E-state index < -0.39 is 10.8 Å². The number of hydrogen-bond donors (Lipinski definition) is 2. The van der Waals surface area contributed by atoms with E-state index in [-0.39, 0.29) is 23.7 Å². The van der Waals surface area contributed by atoms with E-state index in [1.165, 1.54) is 24.3 Å². The molecule has 0 bridgehead atoms. The summed E-state index contributed by atoms with van der Waals surface area (Å²) in [4.78, 5) is 34.3. The molecular weight excluding hydrogens is 348 g/mol. The molecule has 0 spiro atoms. The number of nitro benzene ring substituents is 1. The van der Waals surface area contributed by atoms with Gasteiger partial charge in [-0.15, -0.1) is 0 Å². The van der Waals surface area contributed by atoms with E-state index in [0.29, 0.717) is 5.69 Å². The minimum Gasteiger partial charge on any atom is -0.348 e. The molecule has 138 valence electrons. The summed E-state index contributed by atoms with van der Waals surface area (Å²) in [5, 5.41) is 17.0. The van der Waals surface area contributed by atoms with Gasteiger partial charge in [0.25, 0.3) is 11.6 Å². The van der Waals surface area contributed by atoms with Crippen LogP contribution in [0.2, 0.25) is 0 Å². The fourth-order valence-electron chi connectivity index (χ4n) is 2.78. The van der Waals surface area contributed by atoms with Crippen LogP contribution in [0.15, 0.2) is 54.7 Å². The number of hydrogen-bond acceptors (Lipinski definition) is 4. The van der Waals surface area contributed by atoms with Gasteiger partial charge in [-0.3, -0.25) is 19.7 Å². The molecule has 0 aliphatic carbocycles. The van der Waals surface area contributed by atoms with E-state index in [4.69, 9.17) is 0 Å². The molecule has 0 aliphatic heterocycles. The molecule has 0 fully saturated rings. The van der Waals surface area contributed by atoms with Crippen molar-refractivity contribution in [2.75, 3.05) is 11.9 Å². The number of benzene rings is 2. The Balaban J connectivity index is 1.60. The van der Waals surface area contributed by atoms with E-state index >= 15 is 0 Å². The van der Waals surface area contributed by atoms with Gasteiger partial charge in [0.05, 0.1) is 11.5 Å². The lowest BCUT2D eigenvalue weighted by molar-refractivity contribution is -0.384. The van der Waals surface area contributed by atoms with Gasteiger partial charge in [0.15, 0.2) is 0 Å². The minimum absolute atomic E-state index is 0.124. The number of fused-ring (bicyclic) bond motifs is 1. The SMILES string of the molecule is CCn1ccc2cc(NC(=O)CNC(=O)c3cccc([N+](=O)[O-])c3)ccc21. The van der Waals surface area contributed by atoms with Crippen molar-refractivity contribution in [1.29, 1.82) is 0 Å². The highest BCUT2D eigenvalue weighted by Gasteiger charge is 2.12. The molecule has 0 aliphatic rings. The lowest BCUT2D eigenvalue weighted by Gasteiger charge is -2.08. The number of non-ortho nitro benzene ring substituents is 1. The van der Waals surface area contributed by atoms with Gasteiger partial charge in [-0.1, -0.05) is 6.07 Å². The van der Waals surface area contributed by atoms with Gasteiger partial charge in [0, 0.05) is 47.0 Å². The van der Waals surface area contributed by atoms with Crippen molar-refractivity contribution in [2.45, 2.75) is 13.5 Å². The first-order valence-electron chi connectivity index (χ1n) is 8.39. The molecule has 1 aromatic heterocycles. The molecule has 27 heavy (non-hydrogen) atoms. The summed E-state index contributed by atoms with van der Waals surface area (Å²) in [7, 11) is 0. The van der Waals surface area contributed by atoms with Crippen LogP contribution in [0.1, 0.15) is 17.3 Å². The van der Waals surface area contributed by atoms with Crippen LogP contribution in [0.3, 0.4) is 0 Å². The van der Waals surface area contributed by atoms with Crippen LogP contribution in [0.4, 0.5) is 11.4 Å². The van der Waals surface area contributed by atoms with Gasteiger partial charge < -0.3 is 15.2 Å². The first kappa shape index (κ1) is 18.1. The normalized spacial score (nSPS) is 10.6. The maximum Gasteiger partial charge on any atom is 0.270 e. The van der Waals surface area contributed by atoms with Crippen LogP contribution < -0.4 is 10.6 Å². The maximum absolute atomic E-state index is 12.1. The third-order valence-corrected chi connectivity index (χ3v) is 4.12. The number of carbonyl (C=O) groups excluding carboxylic acids is 2. The molecule has 8 heteroatoms. The van der Waals surface area contributed by atoms with E-state index in [9.17, 15) is 19.7 Å². The summed E-state index contributed by atoms with van der Waals surface area (Å²) in [5.41, 5.74) is 1.65. The number of aryl methyl sites for hydroxylation is 1. The minimum atomic E-state index is -0.578. The van der Waals surface area contributed by atoms with Crippen LogP contribution in [-0.4, -0.2) is 27.8 Å². The second-order valence-corrected chi connectivity index (χ2v) is 5.91. The van der Waals surface area contributed by atoms with Crippen LogP contribution in [0.25, 0.3) is 10.9 Å². The monoisotopic (exact) mass is 366 g/mol. The first-order chi connectivity index (χ1) is 13.0. The van der Waals surface area contributed by atoms with Crippen LogP contribution in [-0.2, 0) is 11.3 Å². The Bertz CT molecular complexity index is 1030. The maximum atomic E-state index is 12.1. The lowest BCUT2D eigenvalue weighted by Crippen LogP contribution is -2.32. The predicted octanol–water partition coefficient (Wildman–Crippen LogP) is 2.94. The zero-order chi connectivity index (χ0) is 19.4. The molecule has 0 saturated carbocycles. The third kappa shape index (κ3) is 4.12. The quantitative estimate of drug-likeness (QED) is 0.517. The fourth-order valence-corrected chi connectivity index (χ4v) is 2.78. The van der Waals surface area contributed by atoms with Crippen LogP contribution in [0.5, 0.6) is 0 Å². The number of rotatable bonds is 6. The van der Waals surface area contributed by atoms with E-state index in [2.05, 4.69) is 22.1 Å². The topological polar surface area (TPSA) is 106 Å². The average Bonchev–Trinajstić information content (AvgIpc) is 3.08. The largest absolute Gasteiger partial charge is 0.348 e. The molecule has 2 N–H and O–H groups in total. The van der Waals surface area contributed by atoms with Gasteiger partial charge in [0.1, 0.15) is 0 Å². The zero-order valence-corrected chi connectivity index (χ0v) is 14.6. The zero-order valence-electron chi connectivity index (χ0n) is 14.6. The van der Waals surface area contributed by atoms with Gasteiger partial charge in [-0.25, -0.2) is 0 Å². The number of nitro groups is 1. The van der Waals surface area contributed by atoms with Gasteiger partial charge in [-0.05, 0) is 37.3 Å². The molecule has 2 amide bonds. The van der Waals surface area contributed by atoms with E-state index in [1.54, 1.807) is 6.07 Å². The average molecular weight is 366 g/mol. The van der Waals surface area contributed by atoms with Crippen molar-refractivity contribution in [1.82, 2.24) is 9.88 Å². The van der Waals surface area contributed by atoms with Gasteiger partial charge in [0.2, 0.25) is 5.91 Å². The predicted molar refractivity (Wildman–Crippen MR) is 102 cm³/mol. The Morgan fingerprint density at radius 2 is 1.96 bits per heavy atom. The van der Waals surface area contributed by atoms with Crippen LogP contribution in [0, 0.1) is 10.1 Å². The lowest BCUT2D eigenvalue weighted by atomic mass is 10.2. The van der Waals surface area contributed by atoms with Gasteiger partial charge in [-0.2, -0.15) is 0 Å². The highest BCUT2D eigenvalue weighted by Crippen LogP contribution is 2.20. The number of nitrogens with one attached hydrogen (secondary N) is 2. The van der Waals surface area contributed by atoms with Crippen molar-refractivity contribution in [2.24, 2.45) is 0 Å². The number of amides is 2. The van der Waals surface area contributed by atoms with Crippen molar-refractivity contribution in [3.05, 3.63) is 70.4 Å². The van der Waals surface area contributed by atoms with Crippen molar-refractivity contribution in [3.8, 4) is 0 Å². The molecule has 8 nitrogen and oxygen atoms in total. The second-order valence-electron chi connectivity index (χ2n) is 5.91. The first-order valence-corrected chi connectivity index (χ1v) is 8.39. The van der Waals surface area contributed by atoms with E-state index in [0.717, 1.165) is 17.4 Å². The smallest absolute Gasteiger partial charge is 0.270 e. The molecule has 0 saturated heterocycles. The Hall–Kier alpha value is -3.68. The second kappa shape index (κ2) is 7.69. The molecule has 0 unspecified atom stereocenters. The molecular formula is C19H18N4O4. The molecule has 2 aromatic carbocycles. The summed E-state index contributed by atoms with van der Waals surface area (Å²) in [6, 6.07) is 12.9. The molecule has 0 radical (unpaired) electrons. The van der Waals surface area contributed by atoms with Crippen molar-refractivity contribution in [3.63, 3.8) is 0 Å². The Kier molecular flexibility index (Phi) is 5.16. The van der Waals surface area contributed by atoms with Crippen LogP contribution >= 0.6 is 0 Å². The Morgan fingerprint density at radius 1 is 1.15 bits per heavy atom. The Morgan fingerprint density at radius 3 is 2.70 bits per heavy atom. The summed E-state index contributed by atoms with van der Waals surface area (Å²) < 4.78 is 2.10. The van der Waals surface area contributed by atoms with Crippen molar-refractivity contribution >= 4 is 34.1 Å². The van der Waals surface area contributed by atoms with E-state index in [1.807, 2.05) is 24.4 Å².